The highest BCUT2D eigenvalue weighted by Crippen LogP contribution is 2.20. The van der Waals surface area contributed by atoms with Gasteiger partial charge in [0.25, 0.3) is 0 Å². The van der Waals surface area contributed by atoms with E-state index in [1.54, 1.807) is 0 Å². The van der Waals surface area contributed by atoms with Crippen LogP contribution in [0, 0.1) is 11.8 Å². The summed E-state index contributed by atoms with van der Waals surface area (Å²) < 4.78 is 5.29. The third-order valence-electron chi connectivity index (χ3n) is 2.18. The van der Waals surface area contributed by atoms with Gasteiger partial charge < -0.3 is 4.74 Å². The minimum atomic E-state index is 0.862. The van der Waals surface area contributed by atoms with Gasteiger partial charge in [0.15, 0.2) is 0 Å². The third-order valence-corrected chi connectivity index (χ3v) is 2.18. The Morgan fingerprint density at radius 3 is 2.80 bits per heavy atom. The Hall–Kier alpha value is -0.0400. The average Bonchev–Trinajstić information content (AvgIpc) is 2.34. The van der Waals surface area contributed by atoms with E-state index >= 15 is 0 Å². The maximum absolute atomic E-state index is 5.29. The van der Waals surface area contributed by atoms with Crippen LogP contribution in [-0.2, 0) is 4.74 Å². The lowest BCUT2D eigenvalue weighted by atomic mass is 9.97. The lowest BCUT2D eigenvalue weighted by Gasteiger charge is -2.08. The molecule has 1 aliphatic heterocycles. The molecule has 0 unspecified atom stereocenters. The van der Waals surface area contributed by atoms with Crippen LogP contribution < -0.4 is 0 Å². The van der Waals surface area contributed by atoms with E-state index in [-0.39, 0.29) is 0 Å². The quantitative estimate of drug-likeness (QED) is 0.588. The van der Waals surface area contributed by atoms with Gasteiger partial charge in [-0.2, -0.15) is 0 Å². The highest BCUT2D eigenvalue weighted by Gasteiger charge is 2.14. The summed E-state index contributed by atoms with van der Waals surface area (Å²) in [6.07, 6.45) is 4.04. The Balaban J connectivity index is 2.01. The molecule has 0 aromatic heterocycles. The first-order valence-electron chi connectivity index (χ1n) is 4.37. The van der Waals surface area contributed by atoms with Gasteiger partial charge in [-0.3, -0.25) is 0 Å². The fourth-order valence-electron chi connectivity index (χ4n) is 1.38. The van der Waals surface area contributed by atoms with E-state index in [2.05, 4.69) is 13.8 Å². The van der Waals surface area contributed by atoms with Crippen LogP contribution in [0.4, 0.5) is 0 Å². The standard InChI is InChI=1S/C9H18O/c1-8(2)3-4-9-5-6-10-7-9/h8-9H,3-7H2,1-2H3/t9-/m1/s1. The van der Waals surface area contributed by atoms with Crippen molar-refractivity contribution >= 4 is 0 Å². The lowest BCUT2D eigenvalue weighted by molar-refractivity contribution is 0.183. The second-order valence-corrected chi connectivity index (χ2v) is 3.70. The van der Waals surface area contributed by atoms with Crippen molar-refractivity contribution in [3.63, 3.8) is 0 Å². The molecular formula is C9H18O. The van der Waals surface area contributed by atoms with Crippen LogP contribution in [0.2, 0.25) is 0 Å². The van der Waals surface area contributed by atoms with Crippen molar-refractivity contribution in [2.24, 2.45) is 11.8 Å². The van der Waals surface area contributed by atoms with Crippen molar-refractivity contribution in [1.82, 2.24) is 0 Å². The van der Waals surface area contributed by atoms with E-state index in [0.717, 1.165) is 25.0 Å². The molecular weight excluding hydrogens is 124 g/mol. The first kappa shape index (κ1) is 8.06. The van der Waals surface area contributed by atoms with Crippen LogP contribution in [0.15, 0.2) is 0 Å². The zero-order valence-electron chi connectivity index (χ0n) is 7.10. The van der Waals surface area contributed by atoms with Crippen LogP contribution >= 0.6 is 0 Å². The predicted molar refractivity (Wildman–Crippen MR) is 43.0 cm³/mol. The summed E-state index contributed by atoms with van der Waals surface area (Å²) in [6.45, 7) is 6.60. The Morgan fingerprint density at radius 1 is 1.50 bits per heavy atom. The summed E-state index contributed by atoms with van der Waals surface area (Å²) in [5, 5.41) is 0. The topological polar surface area (TPSA) is 9.23 Å². The van der Waals surface area contributed by atoms with Crippen molar-refractivity contribution in [1.29, 1.82) is 0 Å². The Labute approximate surface area is 63.8 Å². The van der Waals surface area contributed by atoms with Crippen molar-refractivity contribution < 1.29 is 4.74 Å². The van der Waals surface area contributed by atoms with Crippen LogP contribution in [0.5, 0.6) is 0 Å². The van der Waals surface area contributed by atoms with E-state index < -0.39 is 0 Å². The van der Waals surface area contributed by atoms with Gasteiger partial charge in [0.2, 0.25) is 0 Å². The number of rotatable bonds is 3. The van der Waals surface area contributed by atoms with Crippen LogP contribution in [0.3, 0.4) is 0 Å². The molecule has 0 aromatic carbocycles. The lowest BCUT2D eigenvalue weighted by Crippen LogP contribution is -2.00. The molecule has 1 saturated heterocycles. The van der Waals surface area contributed by atoms with Gasteiger partial charge in [0, 0.05) is 13.2 Å². The van der Waals surface area contributed by atoms with Gasteiger partial charge in [-0.25, -0.2) is 0 Å². The molecule has 1 heterocycles. The van der Waals surface area contributed by atoms with Crippen LogP contribution in [0.1, 0.15) is 33.1 Å². The predicted octanol–water partition coefficient (Wildman–Crippen LogP) is 2.46. The maximum Gasteiger partial charge on any atom is 0.0495 e. The summed E-state index contributed by atoms with van der Waals surface area (Å²) >= 11 is 0. The summed E-state index contributed by atoms with van der Waals surface area (Å²) in [6, 6.07) is 0. The van der Waals surface area contributed by atoms with Gasteiger partial charge in [0.1, 0.15) is 0 Å². The van der Waals surface area contributed by atoms with E-state index in [1.165, 1.54) is 19.3 Å². The molecule has 1 rings (SSSR count). The van der Waals surface area contributed by atoms with Gasteiger partial charge in [0.05, 0.1) is 0 Å². The Kier molecular flexibility index (Phi) is 3.20. The average molecular weight is 142 g/mol. The molecule has 0 aromatic rings. The minimum Gasteiger partial charge on any atom is -0.381 e. The van der Waals surface area contributed by atoms with Gasteiger partial charge in [-0.15, -0.1) is 0 Å². The molecule has 0 radical (unpaired) electrons. The molecule has 0 spiro atoms. The molecule has 1 nitrogen and oxygen atoms in total. The molecule has 0 N–H and O–H groups in total. The van der Waals surface area contributed by atoms with Crippen LogP contribution in [-0.4, -0.2) is 13.2 Å². The molecule has 1 atom stereocenters. The molecule has 1 fully saturated rings. The molecule has 0 bridgehead atoms. The smallest absolute Gasteiger partial charge is 0.0495 e. The van der Waals surface area contributed by atoms with Gasteiger partial charge >= 0.3 is 0 Å². The summed E-state index contributed by atoms with van der Waals surface area (Å²) in [5.74, 6) is 1.74. The minimum absolute atomic E-state index is 0.862. The third kappa shape index (κ3) is 2.70. The van der Waals surface area contributed by atoms with Gasteiger partial charge in [-0.05, 0) is 24.7 Å². The summed E-state index contributed by atoms with van der Waals surface area (Å²) in [7, 11) is 0. The summed E-state index contributed by atoms with van der Waals surface area (Å²) in [4.78, 5) is 0. The zero-order chi connectivity index (χ0) is 7.40. The highest BCUT2D eigenvalue weighted by molar-refractivity contribution is 4.64. The van der Waals surface area contributed by atoms with Crippen LogP contribution in [0.25, 0.3) is 0 Å². The van der Waals surface area contributed by atoms with E-state index in [0.29, 0.717) is 0 Å². The van der Waals surface area contributed by atoms with E-state index in [9.17, 15) is 0 Å². The summed E-state index contributed by atoms with van der Waals surface area (Å²) in [5.41, 5.74) is 0. The molecule has 1 heteroatoms. The van der Waals surface area contributed by atoms with Crippen molar-refractivity contribution in [3.8, 4) is 0 Å². The monoisotopic (exact) mass is 142 g/mol. The molecule has 0 saturated carbocycles. The molecule has 1 aliphatic rings. The second kappa shape index (κ2) is 3.97. The molecule has 0 amide bonds. The SMILES string of the molecule is CC(C)CC[C@@H]1CCOC1. The first-order valence-corrected chi connectivity index (χ1v) is 4.37. The van der Waals surface area contributed by atoms with Crippen molar-refractivity contribution in [2.45, 2.75) is 33.1 Å². The molecule has 60 valence electrons. The second-order valence-electron chi connectivity index (χ2n) is 3.70. The number of hydrogen-bond acceptors (Lipinski definition) is 1. The fraction of sp³-hybridized carbons (Fsp3) is 1.00. The zero-order valence-corrected chi connectivity index (χ0v) is 7.10. The first-order chi connectivity index (χ1) is 4.79. The fourth-order valence-corrected chi connectivity index (χ4v) is 1.38. The normalized spacial score (nSPS) is 26.1. The van der Waals surface area contributed by atoms with E-state index in [1.807, 2.05) is 0 Å². The van der Waals surface area contributed by atoms with Crippen molar-refractivity contribution in [3.05, 3.63) is 0 Å². The molecule has 0 aliphatic carbocycles. The number of hydrogen-bond donors (Lipinski definition) is 0. The largest absolute Gasteiger partial charge is 0.381 e. The van der Waals surface area contributed by atoms with E-state index in [4.69, 9.17) is 4.74 Å². The van der Waals surface area contributed by atoms with Crippen molar-refractivity contribution in [2.75, 3.05) is 13.2 Å². The highest BCUT2D eigenvalue weighted by atomic mass is 16.5. The Bertz CT molecular complexity index is 82.7. The van der Waals surface area contributed by atoms with Gasteiger partial charge in [-0.1, -0.05) is 20.3 Å². The molecule has 10 heavy (non-hydrogen) atoms. The Morgan fingerprint density at radius 2 is 2.30 bits per heavy atom. The number of ether oxygens (including phenoxy) is 1. The maximum atomic E-state index is 5.29.